The Hall–Kier alpha value is -2.29. The summed E-state index contributed by atoms with van der Waals surface area (Å²) in [6.45, 7) is 1.07. The van der Waals surface area contributed by atoms with Gasteiger partial charge in [-0.3, -0.25) is 9.69 Å². The van der Waals surface area contributed by atoms with Crippen LogP contribution in [0.4, 0.5) is 18.0 Å². The van der Waals surface area contributed by atoms with Crippen LogP contribution in [0.15, 0.2) is 24.3 Å². The van der Waals surface area contributed by atoms with E-state index in [1.807, 2.05) is 0 Å². The summed E-state index contributed by atoms with van der Waals surface area (Å²) in [6, 6.07) is 3.68. The highest BCUT2D eigenvalue weighted by Crippen LogP contribution is 2.29. The SMILES string of the molecule is O=C(NC1CCOCC1)[C@@H]1COC(=O)N1Cc1ccc(C(F)(F)F)cc1. The molecule has 142 valence electrons. The average molecular weight is 372 g/mol. The van der Waals surface area contributed by atoms with Crippen LogP contribution in [0.3, 0.4) is 0 Å². The van der Waals surface area contributed by atoms with Crippen molar-refractivity contribution in [2.24, 2.45) is 0 Å². The number of cyclic esters (lactones) is 1. The number of nitrogens with zero attached hydrogens (tertiary/aromatic N) is 1. The molecule has 1 aromatic carbocycles. The molecule has 1 aromatic rings. The van der Waals surface area contributed by atoms with Crippen LogP contribution in [0.25, 0.3) is 0 Å². The predicted octanol–water partition coefficient (Wildman–Crippen LogP) is 2.32. The van der Waals surface area contributed by atoms with E-state index in [1.165, 1.54) is 17.0 Å². The molecule has 1 atom stereocenters. The van der Waals surface area contributed by atoms with Gasteiger partial charge < -0.3 is 14.8 Å². The van der Waals surface area contributed by atoms with E-state index in [0.29, 0.717) is 31.6 Å². The van der Waals surface area contributed by atoms with Crippen molar-refractivity contribution < 1.29 is 32.2 Å². The van der Waals surface area contributed by atoms with Crippen molar-refractivity contribution in [3.8, 4) is 0 Å². The predicted molar refractivity (Wildman–Crippen MR) is 84.1 cm³/mol. The van der Waals surface area contributed by atoms with E-state index in [9.17, 15) is 22.8 Å². The van der Waals surface area contributed by atoms with Gasteiger partial charge in [0, 0.05) is 19.3 Å². The third kappa shape index (κ3) is 4.27. The largest absolute Gasteiger partial charge is 0.447 e. The summed E-state index contributed by atoms with van der Waals surface area (Å²) in [5.74, 6) is -0.324. The van der Waals surface area contributed by atoms with Crippen molar-refractivity contribution in [1.82, 2.24) is 10.2 Å². The first kappa shape index (κ1) is 18.5. The van der Waals surface area contributed by atoms with Crippen molar-refractivity contribution in [3.63, 3.8) is 0 Å². The van der Waals surface area contributed by atoms with Gasteiger partial charge in [0.25, 0.3) is 0 Å². The molecule has 0 aromatic heterocycles. The summed E-state index contributed by atoms with van der Waals surface area (Å²) in [6.07, 6.45) is -3.67. The molecule has 0 aliphatic carbocycles. The minimum atomic E-state index is -4.42. The Bertz CT molecular complexity index is 657. The van der Waals surface area contributed by atoms with Crippen LogP contribution in [-0.2, 0) is 27.0 Å². The van der Waals surface area contributed by atoms with Gasteiger partial charge in [-0.05, 0) is 30.5 Å². The first-order valence-electron chi connectivity index (χ1n) is 8.32. The number of hydrogen-bond acceptors (Lipinski definition) is 4. The maximum Gasteiger partial charge on any atom is 0.416 e. The second-order valence-corrected chi connectivity index (χ2v) is 6.31. The number of rotatable bonds is 4. The zero-order valence-corrected chi connectivity index (χ0v) is 13.9. The Morgan fingerprint density at radius 1 is 1.19 bits per heavy atom. The van der Waals surface area contributed by atoms with Gasteiger partial charge in [-0.2, -0.15) is 13.2 Å². The molecule has 6 nitrogen and oxygen atoms in total. The van der Waals surface area contributed by atoms with Gasteiger partial charge in [-0.15, -0.1) is 0 Å². The zero-order chi connectivity index (χ0) is 18.7. The lowest BCUT2D eigenvalue weighted by Crippen LogP contribution is -2.49. The monoisotopic (exact) mass is 372 g/mol. The number of amides is 2. The highest BCUT2D eigenvalue weighted by Gasteiger charge is 2.39. The quantitative estimate of drug-likeness (QED) is 0.881. The van der Waals surface area contributed by atoms with E-state index < -0.39 is 23.9 Å². The molecular weight excluding hydrogens is 353 g/mol. The molecule has 2 saturated heterocycles. The van der Waals surface area contributed by atoms with Crippen molar-refractivity contribution >= 4 is 12.0 Å². The molecule has 0 saturated carbocycles. The van der Waals surface area contributed by atoms with E-state index in [0.717, 1.165) is 12.1 Å². The number of nitrogens with one attached hydrogen (secondary N) is 1. The standard InChI is InChI=1S/C17H19F3N2O4/c18-17(19,20)12-3-1-11(2-4-12)9-22-14(10-26-16(22)24)15(23)21-13-5-7-25-8-6-13/h1-4,13-14H,5-10H2,(H,21,23)/t14-/m0/s1. The minimum Gasteiger partial charge on any atom is -0.447 e. The Balaban J connectivity index is 1.64. The maximum absolute atomic E-state index is 12.6. The number of alkyl halides is 3. The molecule has 3 rings (SSSR count). The number of benzene rings is 1. The molecule has 2 amide bonds. The van der Waals surface area contributed by atoms with Gasteiger partial charge in [0.2, 0.25) is 5.91 Å². The van der Waals surface area contributed by atoms with Crippen LogP contribution >= 0.6 is 0 Å². The Labute approximate surface area is 148 Å². The smallest absolute Gasteiger partial charge is 0.416 e. The lowest BCUT2D eigenvalue weighted by molar-refractivity contribution is -0.137. The van der Waals surface area contributed by atoms with Crippen molar-refractivity contribution in [3.05, 3.63) is 35.4 Å². The van der Waals surface area contributed by atoms with Crippen molar-refractivity contribution in [2.45, 2.75) is 37.6 Å². The average Bonchev–Trinajstić information content (AvgIpc) is 2.96. The summed E-state index contributed by atoms with van der Waals surface area (Å²) in [7, 11) is 0. The van der Waals surface area contributed by atoms with E-state index in [-0.39, 0.29) is 25.1 Å². The lowest BCUT2D eigenvalue weighted by Gasteiger charge is -2.26. The maximum atomic E-state index is 12.6. The lowest BCUT2D eigenvalue weighted by atomic mass is 10.1. The normalized spacial score (nSPS) is 21.6. The fourth-order valence-electron chi connectivity index (χ4n) is 2.98. The third-order valence-corrected chi connectivity index (χ3v) is 4.48. The van der Waals surface area contributed by atoms with Crippen LogP contribution in [0.5, 0.6) is 0 Å². The summed E-state index contributed by atoms with van der Waals surface area (Å²) < 4.78 is 48.1. The molecule has 0 unspecified atom stereocenters. The van der Waals surface area contributed by atoms with Crippen molar-refractivity contribution in [1.29, 1.82) is 0 Å². The molecule has 1 N–H and O–H groups in total. The number of carbonyl (C=O) groups is 2. The van der Waals surface area contributed by atoms with E-state index >= 15 is 0 Å². The van der Waals surface area contributed by atoms with Crippen LogP contribution < -0.4 is 5.32 Å². The second kappa shape index (κ2) is 7.53. The molecular formula is C17H19F3N2O4. The Kier molecular flexibility index (Phi) is 5.36. The van der Waals surface area contributed by atoms with E-state index in [1.54, 1.807) is 0 Å². The number of halogens is 3. The van der Waals surface area contributed by atoms with Gasteiger partial charge in [0.15, 0.2) is 0 Å². The molecule has 2 fully saturated rings. The van der Waals surface area contributed by atoms with Crippen LogP contribution in [0.2, 0.25) is 0 Å². The highest BCUT2D eigenvalue weighted by atomic mass is 19.4. The van der Waals surface area contributed by atoms with Gasteiger partial charge in [0.05, 0.1) is 12.1 Å². The molecule has 0 bridgehead atoms. The minimum absolute atomic E-state index is 0.00281. The second-order valence-electron chi connectivity index (χ2n) is 6.31. The van der Waals surface area contributed by atoms with Gasteiger partial charge >= 0.3 is 12.3 Å². The van der Waals surface area contributed by atoms with Gasteiger partial charge in [-0.25, -0.2) is 4.79 Å². The fourth-order valence-corrected chi connectivity index (χ4v) is 2.98. The van der Waals surface area contributed by atoms with E-state index in [4.69, 9.17) is 9.47 Å². The Morgan fingerprint density at radius 2 is 1.85 bits per heavy atom. The summed E-state index contributed by atoms with van der Waals surface area (Å²) in [5, 5.41) is 2.88. The van der Waals surface area contributed by atoms with Crippen LogP contribution in [0, 0.1) is 0 Å². The molecule has 2 aliphatic heterocycles. The van der Waals surface area contributed by atoms with Gasteiger partial charge in [0.1, 0.15) is 12.6 Å². The number of carbonyl (C=O) groups excluding carboxylic acids is 2. The molecule has 0 radical (unpaired) electrons. The first-order chi connectivity index (χ1) is 12.3. The van der Waals surface area contributed by atoms with E-state index in [2.05, 4.69) is 5.32 Å². The number of ether oxygens (including phenoxy) is 2. The first-order valence-corrected chi connectivity index (χ1v) is 8.32. The zero-order valence-electron chi connectivity index (χ0n) is 13.9. The summed E-state index contributed by atoms with van der Waals surface area (Å²) in [4.78, 5) is 25.6. The summed E-state index contributed by atoms with van der Waals surface area (Å²) in [5.41, 5.74) is -0.278. The molecule has 2 heterocycles. The molecule has 9 heteroatoms. The fraction of sp³-hybridized carbons (Fsp3) is 0.529. The summed E-state index contributed by atoms with van der Waals surface area (Å²) >= 11 is 0. The van der Waals surface area contributed by atoms with Gasteiger partial charge in [-0.1, -0.05) is 12.1 Å². The number of hydrogen-bond donors (Lipinski definition) is 1. The molecule has 0 spiro atoms. The van der Waals surface area contributed by atoms with Crippen LogP contribution in [-0.4, -0.2) is 48.8 Å². The van der Waals surface area contributed by atoms with Crippen molar-refractivity contribution in [2.75, 3.05) is 19.8 Å². The Morgan fingerprint density at radius 3 is 2.46 bits per heavy atom. The molecule has 26 heavy (non-hydrogen) atoms. The highest BCUT2D eigenvalue weighted by molar-refractivity contribution is 5.88. The van der Waals surface area contributed by atoms with Crippen LogP contribution in [0.1, 0.15) is 24.0 Å². The topological polar surface area (TPSA) is 67.9 Å². The molecule has 2 aliphatic rings. The third-order valence-electron chi connectivity index (χ3n) is 4.48.